The zero-order valence-corrected chi connectivity index (χ0v) is 18.7. The van der Waals surface area contributed by atoms with Crippen LogP contribution in [0.5, 0.6) is 0 Å². The molecule has 0 unspecified atom stereocenters. The lowest BCUT2D eigenvalue weighted by Gasteiger charge is -2.29. The number of carboxylic acid groups (broad SMARTS) is 1. The molecule has 0 saturated heterocycles. The molecule has 0 aliphatic carbocycles. The molecule has 5 heteroatoms. The summed E-state index contributed by atoms with van der Waals surface area (Å²) in [5.74, 6) is -1.48. The monoisotopic (exact) mass is 397 g/mol. The Morgan fingerprint density at radius 1 is 0.893 bits per heavy atom. The number of quaternary nitrogens is 1. The molecule has 0 aliphatic heterocycles. The van der Waals surface area contributed by atoms with Crippen molar-refractivity contribution in [2.24, 2.45) is 0 Å². The summed E-state index contributed by atoms with van der Waals surface area (Å²) < 4.78 is 5.90. The normalized spacial score (nSPS) is 13.0. The lowest BCUT2D eigenvalue weighted by Crippen LogP contribution is -2.45. The number of esters is 1. The Morgan fingerprint density at radius 3 is 1.96 bits per heavy atom. The van der Waals surface area contributed by atoms with E-state index in [9.17, 15) is 14.7 Å². The highest BCUT2D eigenvalue weighted by Gasteiger charge is 2.22. The van der Waals surface area contributed by atoms with Gasteiger partial charge < -0.3 is 19.1 Å². The minimum atomic E-state index is -1.18. The van der Waals surface area contributed by atoms with Gasteiger partial charge in [-0.25, -0.2) is 0 Å². The van der Waals surface area contributed by atoms with Crippen LogP contribution in [-0.2, 0) is 14.3 Å². The van der Waals surface area contributed by atoms with Crippen LogP contribution >= 0.6 is 0 Å². The predicted octanol–water partition coefficient (Wildman–Crippen LogP) is 4.00. The predicted molar refractivity (Wildman–Crippen MR) is 113 cm³/mol. The standard InChI is InChI=1S/C23H43NO4/c1-5-6-7-8-9-10-11-12-13-14-15-16-17-18-23(27)28-21(19-22(25)26)20-24(2,3)4/h10-11,21H,5-9,12-20H2,1-4H3/b11-10-/t21-/m1/s1. The Morgan fingerprint density at radius 2 is 1.43 bits per heavy atom. The van der Waals surface area contributed by atoms with Crippen LogP contribution < -0.4 is 5.11 Å². The van der Waals surface area contributed by atoms with Gasteiger partial charge in [0.2, 0.25) is 0 Å². The molecule has 0 aromatic carbocycles. The van der Waals surface area contributed by atoms with Crippen molar-refractivity contribution in [1.29, 1.82) is 0 Å². The summed E-state index contributed by atoms with van der Waals surface area (Å²) in [4.78, 5) is 22.8. The van der Waals surface area contributed by atoms with Gasteiger partial charge in [-0.3, -0.25) is 4.79 Å². The third-order valence-corrected chi connectivity index (χ3v) is 4.59. The number of rotatable bonds is 18. The SMILES string of the molecule is CCCCCC/C=C\CCCCCCCC(=O)O[C@H](CC(=O)[O-])C[N+](C)(C)C. The highest BCUT2D eigenvalue weighted by Crippen LogP contribution is 2.11. The van der Waals surface area contributed by atoms with Gasteiger partial charge in [0.15, 0.2) is 6.10 Å². The molecule has 0 saturated carbocycles. The largest absolute Gasteiger partial charge is 0.550 e. The van der Waals surface area contributed by atoms with Crippen LogP contribution in [0.2, 0.25) is 0 Å². The molecule has 0 fully saturated rings. The average molecular weight is 398 g/mol. The smallest absolute Gasteiger partial charge is 0.306 e. The second kappa shape index (κ2) is 16.6. The van der Waals surface area contributed by atoms with Crippen molar-refractivity contribution in [1.82, 2.24) is 0 Å². The zero-order valence-electron chi connectivity index (χ0n) is 18.7. The van der Waals surface area contributed by atoms with Crippen molar-refractivity contribution < 1.29 is 23.9 Å². The van der Waals surface area contributed by atoms with Gasteiger partial charge in [-0.2, -0.15) is 0 Å². The first-order valence-electron chi connectivity index (χ1n) is 11.1. The average Bonchev–Trinajstić information content (AvgIpc) is 2.56. The summed E-state index contributed by atoms with van der Waals surface area (Å²) in [7, 11) is 5.83. The summed E-state index contributed by atoms with van der Waals surface area (Å²) in [6.07, 6.45) is 17.1. The van der Waals surface area contributed by atoms with Gasteiger partial charge in [-0.05, 0) is 32.1 Å². The van der Waals surface area contributed by atoms with Crippen LogP contribution in [0.4, 0.5) is 0 Å². The van der Waals surface area contributed by atoms with E-state index in [0.717, 1.165) is 25.7 Å². The lowest BCUT2D eigenvalue weighted by molar-refractivity contribution is -0.873. The van der Waals surface area contributed by atoms with E-state index in [1.807, 2.05) is 21.1 Å². The molecule has 164 valence electrons. The Hall–Kier alpha value is -1.36. The maximum atomic E-state index is 12.0. The van der Waals surface area contributed by atoms with Gasteiger partial charge in [-0.15, -0.1) is 0 Å². The van der Waals surface area contributed by atoms with Crippen molar-refractivity contribution in [2.45, 2.75) is 96.5 Å². The van der Waals surface area contributed by atoms with Crippen molar-refractivity contribution in [3.05, 3.63) is 12.2 Å². The van der Waals surface area contributed by atoms with Crippen LogP contribution in [0.25, 0.3) is 0 Å². The van der Waals surface area contributed by atoms with E-state index in [4.69, 9.17) is 4.74 Å². The van der Waals surface area contributed by atoms with Crippen molar-refractivity contribution in [2.75, 3.05) is 27.7 Å². The van der Waals surface area contributed by atoms with Crippen LogP contribution in [0.1, 0.15) is 90.4 Å². The molecule has 0 radical (unpaired) electrons. The number of hydrogen-bond donors (Lipinski definition) is 0. The lowest BCUT2D eigenvalue weighted by atomic mass is 10.1. The van der Waals surface area contributed by atoms with E-state index < -0.39 is 12.1 Å². The highest BCUT2D eigenvalue weighted by atomic mass is 16.5. The van der Waals surface area contributed by atoms with E-state index in [1.165, 1.54) is 44.9 Å². The topological polar surface area (TPSA) is 66.4 Å². The van der Waals surface area contributed by atoms with Crippen LogP contribution in [0, 0.1) is 0 Å². The molecule has 0 bridgehead atoms. The molecule has 0 heterocycles. The molecule has 0 amide bonds. The molecule has 0 spiro atoms. The molecular formula is C23H43NO4. The minimum Gasteiger partial charge on any atom is -0.550 e. The fourth-order valence-electron chi connectivity index (χ4n) is 3.17. The second-order valence-corrected chi connectivity index (χ2v) is 8.79. The molecule has 28 heavy (non-hydrogen) atoms. The van der Waals surface area contributed by atoms with Crippen molar-refractivity contribution in [3.63, 3.8) is 0 Å². The molecule has 5 nitrogen and oxygen atoms in total. The number of nitrogens with zero attached hydrogens (tertiary/aromatic N) is 1. The van der Waals surface area contributed by atoms with Crippen LogP contribution in [-0.4, -0.2) is 50.2 Å². The zero-order chi connectivity index (χ0) is 21.3. The summed E-state index contributed by atoms with van der Waals surface area (Å²) >= 11 is 0. The van der Waals surface area contributed by atoms with Gasteiger partial charge in [-0.1, -0.05) is 57.6 Å². The summed E-state index contributed by atoms with van der Waals surface area (Å²) in [5, 5.41) is 10.8. The molecule has 0 N–H and O–H groups in total. The van der Waals surface area contributed by atoms with Crippen LogP contribution in [0.3, 0.4) is 0 Å². The number of allylic oxidation sites excluding steroid dienone is 2. The summed E-state index contributed by atoms with van der Waals surface area (Å²) in [5.41, 5.74) is 0. The number of ether oxygens (including phenoxy) is 1. The van der Waals surface area contributed by atoms with E-state index in [0.29, 0.717) is 17.4 Å². The Labute approximate surface area is 172 Å². The van der Waals surface area contributed by atoms with E-state index in [2.05, 4.69) is 19.1 Å². The quantitative estimate of drug-likeness (QED) is 0.152. The van der Waals surface area contributed by atoms with Crippen LogP contribution in [0.15, 0.2) is 12.2 Å². The number of likely N-dealkylation sites (N-methyl/N-ethyl adjacent to an activating group) is 1. The number of carbonyl (C=O) groups is 2. The maximum absolute atomic E-state index is 12.0. The molecule has 0 aromatic rings. The molecule has 0 rings (SSSR count). The fourth-order valence-corrected chi connectivity index (χ4v) is 3.17. The Kier molecular flexibility index (Phi) is 15.8. The van der Waals surface area contributed by atoms with Gasteiger partial charge in [0.05, 0.1) is 21.1 Å². The van der Waals surface area contributed by atoms with Crippen molar-refractivity contribution in [3.8, 4) is 0 Å². The summed E-state index contributed by atoms with van der Waals surface area (Å²) in [6, 6.07) is 0. The third-order valence-electron chi connectivity index (χ3n) is 4.59. The first-order chi connectivity index (χ1) is 13.2. The first-order valence-corrected chi connectivity index (χ1v) is 11.1. The number of carbonyl (C=O) groups excluding carboxylic acids is 2. The Bertz CT molecular complexity index is 440. The van der Waals surface area contributed by atoms with Gasteiger partial charge >= 0.3 is 5.97 Å². The van der Waals surface area contributed by atoms with E-state index >= 15 is 0 Å². The summed E-state index contributed by atoms with van der Waals surface area (Å²) in [6.45, 7) is 2.70. The highest BCUT2D eigenvalue weighted by molar-refractivity contribution is 5.70. The first kappa shape index (κ1) is 26.6. The number of unbranched alkanes of at least 4 members (excludes halogenated alkanes) is 9. The van der Waals surface area contributed by atoms with Gasteiger partial charge in [0.1, 0.15) is 6.54 Å². The number of aliphatic carboxylic acids is 1. The van der Waals surface area contributed by atoms with Gasteiger partial charge in [0.25, 0.3) is 0 Å². The van der Waals surface area contributed by atoms with E-state index in [-0.39, 0.29) is 12.4 Å². The molecular weight excluding hydrogens is 354 g/mol. The molecule has 0 aromatic heterocycles. The number of carboxylic acids is 1. The molecule has 1 atom stereocenters. The van der Waals surface area contributed by atoms with E-state index in [1.54, 1.807) is 0 Å². The third kappa shape index (κ3) is 19.4. The minimum absolute atomic E-state index is 0.243. The second-order valence-electron chi connectivity index (χ2n) is 8.79. The molecule has 0 aliphatic rings. The Balaban J connectivity index is 3.72. The van der Waals surface area contributed by atoms with Crippen molar-refractivity contribution >= 4 is 11.9 Å². The number of hydrogen-bond acceptors (Lipinski definition) is 4. The maximum Gasteiger partial charge on any atom is 0.306 e. The fraction of sp³-hybridized carbons (Fsp3) is 0.826. The van der Waals surface area contributed by atoms with Gasteiger partial charge in [0, 0.05) is 18.8 Å².